The number of rotatable bonds is 9. The number of hydrogen-bond donors (Lipinski definition) is 1. The SMILES string of the molecule is CN(CCCNC(=O)CSCc1cccc(Cl)c1)c1ccccc1. The molecule has 0 aliphatic heterocycles. The predicted octanol–water partition coefficient (Wildman–Crippen LogP) is 4.22. The van der Waals surface area contributed by atoms with E-state index in [4.69, 9.17) is 11.6 Å². The first kappa shape index (κ1) is 18.7. The average Bonchev–Trinajstić information content (AvgIpc) is 2.59. The van der Waals surface area contributed by atoms with E-state index in [0.29, 0.717) is 12.3 Å². The van der Waals surface area contributed by atoms with E-state index < -0.39 is 0 Å². The molecule has 0 unspecified atom stereocenters. The van der Waals surface area contributed by atoms with Crippen molar-refractivity contribution in [2.75, 3.05) is 30.8 Å². The van der Waals surface area contributed by atoms with E-state index in [1.165, 1.54) is 5.69 Å². The molecule has 2 aromatic rings. The van der Waals surface area contributed by atoms with Gasteiger partial charge in [-0.2, -0.15) is 0 Å². The number of halogens is 1. The van der Waals surface area contributed by atoms with Crippen molar-refractivity contribution in [3.05, 3.63) is 65.2 Å². The van der Waals surface area contributed by atoms with Gasteiger partial charge in [-0.05, 0) is 36.2 Å². The quantitative estimate of drug-likeness (QED) is 0.678. The van der Waals surface area contributed by atoms with Crippen LogP contribution in [0.2, 0.25) is 5.02 Å². The van der Waals surface area contributed by atoms with Crippen LogP contribution in [0.1, 0.15) is 12.0 Å². The highest BCUT2D eigenvalue weighted by atomic mass is 35.5. The maximum atomic E-state index is 11.8. The van der Waals surface area contributed by atoms with Gasteiger partial charge in [-0.15, -0.1) is 11.8 Å². The molecule has 1 N–H and O–H groups in total. The summed E-state index contributed by atoms with van der Waals surface area (Å²) in [6, 6.07) is 18.0. The number of nitrogens with one attached hydrogen (secondary N) is 1. The van der Waals surface area contributed by atoms with Crippen LogP contribution in [0.3, 0.4) is 0 Å². The van der Waals surface area contributed by atoms with Gasteiger partial charge in [-0.25, -0.2) is 0 Å². The summed E-state index contributed by atoms with van der Waals surface area (Å²) in [5.41, 5.74) is 2.34. The molecule has 0 saturated heterocycles. The number of anilines is 1. The minimum Gasteiger partial charge on any atom is -0.375 e. The summed E-state index contributed by atoms with van der Waals surface area (Å²) < 4.78 is 0. The fourth-order valence-electron chi connectivity index (χ4n) is 2.29. The first-order valence-electron chi connectivity index (χ1n) is 8.00. The Hall–Kier alpha value is -1.65. The second-order valence-corrected chi connectivity index (χ2v) is 7.01. The summed E-state index contributed by atoms with van der Waals surface area (Å²) >= 11 is 7.55. The first-order valence-corrected chi connectivity index (χ1v) is 9.53. The maximum Gasteiger partial charge on any atom is 0.230 e. The largest absolute Gasteiger partial charge is 0.375 e. The van der Waals surface area contributed by atoms with Crippen molar-refractivity contribution in [3.8, 4) is 0 Å². The van der Waals surface area contributed by atoms with E-state index in [-0.39, 0.29) is 5.91 Å². The summed E-state index contributed by atoms with van der Waals surface area (Å²) in [4.78, 5) is 14.0. The fourth-order valence-corrected chi connectivity index (χ4v) is 3.31. The summed E-state index contributed by atoms with van der Waals surface area (Å²) in [6.45, 7) is 1.62. The van der Waals surface area contributed by atoms with Gasteiger partial charge in [0, 0.05) is 36.6 Å². The highest BCUT2D eigenvalue weighted by molar-refractivity contribution is 7.99. The molecule has 5 heteroatoms. The third kappa shape index (κ3) is 6.85. The Labute approximate surface area is 153 Å². The van der Waals surface area contributed by atoms with Gasteiger partial charge in [0.15, 0.2) is 0 Å². The highest BCUT2D eigenvalue weighted by Gasteiger charge is 2.03. The lowest BCUT2D eigenvalue weighted by Crippen LogP contribution is -2.29. The van der Waals surface area contributed by atoms with Gasteiger partial charge >= 0.3 is 0 Å². The summed E-state index contributed by atoms with van der Waals surface area (Å²) in [6.07, 6.45) is 0.927. The van der Waals surface area contributed by atoms with E-state index in [1.54, 1.807) is 11.8 Å². The van der Waals surface area contributed by atoms with Crippen molar-refractivity contribution in [1.82, 2.24) is 5.32 Å². The van der Waals surface area contributed by atoms with Crippen LogP contribution < -0.4 is 10.2 Å². The second-order valence-electron chi connectivity index (χ2n) is 5.58. The molecular weight excluding hydrogens is 340 g/mol. The molecule has 2 rings (SSSR count). The molecule has 0 atom stereocenters. The molecule has 0 radical (unpaired) electrons. The molecule has 0 heterocycles. The lowest BCUT2D eigenvalue weighted by molar-refractivity contribution is -0.118. The molecule has 0 spiro atoms. The standard InChI is InChI=1S/C19H23ClN2OS/c1-22(18-9-3-2-4-10-18)12-6-11-21-19(23)15-24-14-16-7-5-8-17(20)13-16/h2-5,7-10,13H,6,11-12,14-15H2,1H3,(H,21,23). The van der Waals surface area contributed by atoms with Crippen LogP contribution in [0.4, 0.5) is 5.69 Å². The number of hydrogen-bond acceptors (Lipinski definition) is 3. The first-order chi connectivity index (χ1) is 11.6. The summed E-state index contributed by atoms with van der Waals surface area (Å²) in [7, 11) is 2.07. The zero-order chi connectivity index (χ0) is 17.2. The normalized spacial score (nSPS) is 10.4. The predicted molar refractivity (Wildman–Crippen MR) is 105 cm³/mol. The van der Waals surface area contributed by atoms with Crippen molar-refractivity contribution in [2.45, 2.75) is 12.2 Å². The lowest BCUT2D eigenvalue weighted by Gasteiger charge is -2.19. The Morgan fingerprint density at radius 1 is 1.17 bits per heavy atom. The van der Waals surface area contributed by atoms with Crippen molar-refractivity contribution >= 4 is 35.0 Å². The van der Waals surface area contributed by atoms with Gasteiger partial charge in [0.2, 0.25) is 5.91 Å². The van der Waals surface area contributed by atoms with Gasteiger partial charge < -0.3 is 10.2 Å². The number of nitrogens with zero attached hydrogens (tertiary/aromatic N) is 1. The number of amides is 1. The Bertz CT molecular complexity index is 636. The smallest absolute Gasteiger partial charge is 0.230 e. The number of carbonyl (C=O) groups excluding carboxylic acids is 1. The average molecular weight is 363 g/mol. The zero-order valence-electron chi connectivity index (χ0n) is 13.9. The van der Waals surface area contributed by atoms with Crippen LogP contribution in [-0.2, 0) is 10.5 Å². The molecule has 2 aromatic carbocycles. The number of benzene rings is 2. The van der Waals surface area contributed by atoms with Crippen LogP contribution >= 0.6 is 23.4 Å². The van der Waals surface area contributed by atoms with Crippen molar-refractivity contribution in [1.29, 1.82) is 0 Å². The maximum absolute atomic E-state index is 11.8. The number of thioether (sulfide) groups is 1. The van der Waals surface area contributed by atoms with Crippen molar-refractivity contribution in [3.63, 3.8) is 0 Å². The van der Waals surface area contributed by atoms with E-state index in [0.717, 1.165) is 29.3 Å². The van der Waals surface area contributed by atoms with Gasteiger partial charge in [-0.1, -0.05) is 41.9 Å². The molecule has 0 saturated carbocycles. The van der Waals surface area contributed by atoms with Crippen LogP contribution in [0.25, 0.3) is 0 Å². The van der Waals surface area contributed by atoms with Gasteiger partial charge in [0.25, 0.3) is 0 Å². The van der Waals surface area contributed by atoms with Crippen LogP contribution in [0, 0.1) is 0 Å². The highest BCUT2D eigenvalue weighted by Crippen LogP contribution is 2.16. The Kier molecular flexibility index (Phi) is 7.99. The molecule has 24 heavy (non-hydrogen) atoms. The third-order valence-corrected chi connectivity index (χ3v) is 4.82. The van der Waals surface area contributed by atoms with E-state index in [9.17, 15) is 4.79 Å². The molecule has 0 aliphatic rings. The summed E-state index contributed by atoms with van der Waals surface area (Å²) in [5.74, 6) is 1.36. The van der Waals surface area contributed by atoms with Gasteiger partial charge in [-0.3, -0.25) is 4.79 Å². The minimum atomic E-state index is 0.0874. The molecule has 128 valence electrons. The molecular formula is C19H23ClN2OS. The number of carbonyl (C=O) groups is 1. The van der Waals surface area contributed by atoms with Gasteiger partial charge in [0.1, 0.15) is 0 Å². The third-order valence-electron chi connectivity index (χ3n) is 3.58. The topological polar surface area (TPSA) is 32.3 Å². The van der Waals surface area contributed by atoms with E-state index in [2.05, 4.69) is 29.4 Å². The van der Waals surface area contributed by atoms with Crippen molar-refractivity contribution < 1.29 is 4.79 Å². The molecule has 0 bridgehead atoms. The second kappa shape index (κ2) is 10.3. The van der Waals surface area contributed by atoms with Gasteiger partial charge in [0.05, 0.1) is 5.75 Å². The van der Waals surface area contributed by atoms with Crippen LogP contribution in [-0.4, -0.2) is 31.8 Å². The molecule has 0 aliphatic carbocycles. The Morgan fingerprint density at radius 3 is 2.71 bits per heavy atom. The van der Waals surface area contributed by atoms with Crippen molar-refractivity contribution in [2.24, 2.45) is 0 Å². The zero-order valence-corrected chi connectivity index (χ0v) is 15.4. The molecule has 3 nitrogen and oxygen atoms in total. The number of para-hydroxylation sites is 1. The fraction of sp³-hybridized carbons (Fsp3) is 0.316. The lowest BCUT2D eigenvalue weighted by atomic mass is 10.2. The molecule has 0 aromatic heterocycles. The van der Waals surface area contributed by atoms with E-state index >= 15 is 0 Å². The molecule has 1 amide bonds. The van der Waals surface area contributed by atoms with Crippen LogP contribution in [0.5, 0.6) is 0 Å². The monoisotopic (exact) mass is 362 g/mol. The van der Waals surface area contributed by atoms with Crippen LogP contribution in [0.15, 0.2) is 54.6 Å². The molecule has 0 fully saturated rings. The van der Waals surface area contributed by atoms with E-state index in [1.807, 2.05) is 42.5 Å². The minimum absolute atomic E-state index is 0.0874. The Morgan fingerprint density at radius 2 is 1.96 bits per heavy atom. The Balaban J connectivity index is 1.56. The summed E-state index contributed by atoms with van der Waals surface area (Å²) in [5, 5.41) is 3.71.